The van der Waals surface area contributed by atoms with Crippen molar-refractivity contribution in [2.45, 2.75) is 53.0 Å². The normalized spacial score (nSPS) is 16.0. The highest BCUT2D eigenvalue weighted by Gasteiger charge is 2.25. The van der Waals surface area contributed by atoms with Crippen molar-refractivity contribution < 1.29 is 4.79 Å². The quantitative estimate of drug-likeness (QED) is 0.875. The number of hydrogen-bond acceptors (Lipinski definition) is 2. The molecular formula is C14H23N3O. The third kappa shape index (κ3) is 2.42. The van der Waals surface area contributed by atoms with Crippen LogP contribution in [0.1, 0.15) is 57.0 Å². The van der Waals surface area contributed by atoms with E-state index in [4.69, 9.17) is 0 Å². The van der Waals surface area contributed by atoms with Crippen LogP contribution in [0.2, 0.25) is 0 Å². The second kappa shape index (κ2) is 5.12. The molecule has 1 aliphatic heterocycles. The van der Waals surface area contributed by atoms with Gasteiger partial charge in [0.15, 0.2) is 0 Å². The van der Waals surface area contributed by atoms with Crippen LogP contribution in [0.25, 0.3) is 0 Å². The fraction of sp³-hybridized carbons (Fsp3) is 0.714. The van der Waals surface area contributed by atoms with Crippen molar-refractivity contribution in [2.24, 2.45) is 5.92 Å². The van der Waals surface area contributed by atoms with Gasteiger partial charge >= 0.3 is 0 Å². The number of amides is 1. The Morgan fingerprint density at radius 3 is 2.67 bits per heavy atom. The van der Waals surface area contributed by atoms with Crippen molar-refractivity contribution >= 4 is 5.91 Å². The summed E-state index contributed by atoms with van der Waals surface area (Å²) in [6, 6.07) is 0. The number of fused-ring (bicyclic) bond motifs is 1. The van der Waals surface area contributed by atoms with Gasteiger partial charge in [-0.25, -0.2) is 0 Å². The van der Waals surface area contributed by atoms with Crippen LogP contribution in [0.5, 0.6) is 0 Å². The number of aryl methyl sites for hydroxylation is 1. The smallest absolute Gasteiger partial charge is 0.225 e. The highest BCUT2D eigenvalue weighted by molar-refractivity contribution is 5.78. The molecule has 4 heteroatoms. The molecule has 0 saturated heterocycles. The van der Waals surface area contributed by atoms with Gasteiger partial charge in [-0.05, 0) is 18.8 Å². The number of carbonyl (C=O) groups is 1. The molecule has 0 aliphatic carbocycles. The lowest BCUT2D eigenvalue weighted by molar-refractivity contribution is -0.135. The van der Waals surface area contributed by atoms with Crippen LogP contribution in [0.15, 0.2) is 0 Å². The first kappa shape index (κ1) is 13.1. The van der Waals surface area contributed by atoms with Gasteiger partial charge in [0.05, 0.1) is 5.69 Å². The number of nitrogens with zero attached hydrogens (tertiary/aromatic N) is 2. The standard InChI is InChI=1S/C14H23N3O/c1-9(2)13-11-8-17(14(18)10(3)4)7-5-6-12(11)15-16-13/h9-10H,5-8H2,1-4H3,(H,15,16). The molecule has 0 aromatic carbocycles. The largest absolute Gasteiger partial charge is 0.338 e. The van der Waals surface area contributed by atoms with Gasteiger partial charge in [0, 0.05) is 30.3 Å². The number of nitrogens with one attached hydrogen (secondary N) is 1. The van der Waals surface area contributed by atoms with Crippen LogP contribution >= 0.6 is 0 Å². The molecule has 0 bridgehead atoms. The van der Waals surface area contributed by atoms with Gasteiger partial charge in [-0.2, -0.15) is 5.10 Å². The molecule has 2 heterocycles. The lowest BCUT2D eigenvalue weighted by Gasteiger charge is -2.23. The van der Waals surface area contributed by atoms with Crippen molar-refractivity contribution in [3.05, 3.63) is 17.0 Å². The van der Waals surface area contributed by atoms with Gasteiger partial charge in [-0.1, -0.05) is 27.7 Å². The fourth-order valence-corrected chi connectivity index (χ4v) is 2.55. The molecule has 0 atom stereocenters. The van der Waals surface area contributed by atoms with E-state index < -0.39 is 0 Å². The zero-order valence-electron chi connectivity index (χ0n) is 11.8. The van der Waals surface area contributed by atoms with E-state index in [9.17, 15) is 4.79 Å². The number of hydrogen-bond donors (Lipinski definition) is 1. The van der Waals surface area contributed by atoms with Crippen molar-refractivity contribution in [3.63, 3.8) is 0 Å². The minimum Gasteiger partial charge on any atom is -0.338 e. The summed E-state index contributed by atoms with van der Waals surface area (Å²) in [5, 5.41) is 7.56. The summed E-state index contributed by atoms with van der Waals surface area (Å²) >= 11 is 0. The van der Waals surface area contributed by atoms with E-state index in [1.165, 1.54) is 11.3 Å². The number of rotatable bonds is 2. The number of H-pyrrole nitrogens is 1. The van der Waals surface area contributed by atoms with Crippen molar-refractivity contribution in [3.8, 4) is 0 Å². The highest BCUT2D eigenvalue weighted by Crippen LogP contribution is 2.25. The molecule has 1 aromatic rings. The fourth-order valence-electron chi connectivity index (χ4n) is 2.55. The number of aromatic nitrogens is 2. The van der Waals surface area contributed by atoms with E-state index in [0.29, 0.717) is 5.92 Å². The summed E-state index contributed by atoms with van der Waals surface area (Å²) in [4.78, 5) is 14.1. The molecule has 0 spiro atoms. The van der Waals surface area contributed by atoms with E-state index in [1.54, 1.807) is 0 Å². The molecule has 2 rings (SSSR count). The molecule has 0 fully saturated rings. The van der Waals surface area contributed by atoms with Crippen LogP contribution < -0.4 is 0 Å². The van der Waals surface area contributed by atoms with E-state index in [1.807, 2.05) is 18.7 Å². The van der Waals surface area contributed by atoms with Crippen molar-refractivity contribution in [1.29, 1.82) is 0 Å². The van der Waals surface area contributed by atoms with Gasteiger partial charge in [-0.3, -0.25) is 9.89 Å². The Bertz CT molecular complexity index is 434. The monoisotopic (exact) mass is 249 g/mol. The van der Waals surface area contributed by atoms with E-state index >= 15 is 0 Å². The van der Waals surface area contributed by atoms with Gasteiger partial charge in [0.2, 0.25) is 5.91 Å². The Morgan fingerprint density at radius 1 is 1.33 bits per heavy atom. The first-order chi connectivity index (χ1) is 8.50. The SMILES string of the molecule is CC(C)C(=O)N1CCCc2[nH]nc(C(C)C)c2C1. The summed E-state index contributed by atoms with van der Waals surface area (Å²) < 4.78 is 0. The Kier molecular flexibility index (Phi) is 3.73. The molecule has 0 radical (unpaired) electrons. The molecule has 18 heavy (non-hydrogen) atoms. The molecule has 4 nitrogen and oxygen atoms in total. The second-order valence-corrected chi connectivity index (χ2v) is 5.74. The summed E-state index contributed by atoms with van der Waals surface area (Å²) in [5.41, 5.74) is 3.59. The van der Waals surface area contributed by atoms with Crippen molar-refractivity contribution in [1.82, 2.24) is 15.1 Å². The number of aromatic amines is 1. The molecule has 1 aromatic heterocycles. The van der Waals surface area contributed by atoms with Gasteiger partial charge < -0.3 is 4.90 Å². The van der Waals surface area contributed by atoms with Gasteiger partial charge in [0.25, 0.3) is 0 Å². The molecule has 1 aliphatic rings. The first-order valence-corrected chi connectivity index (χ1v) is 6.85. The Balaban J connectivity index is 2.27. The van der Waals surface area contributed by atoms with Gasteiger partial charge in [0.1, 0.15) is 0 Å². The van der Waals surface area contributed by atoms with Gasteiger partial charge in [-0.15, -0.1) is 0 Å². The highest BCUT2D eigenvalue weighted by atomic mass is 16.2. The maximum absolute atomic E-state index is 12.2. The maximum Gasteiger partial charge on any atom is 0.225 e. The number of carbonyl (C=O) groups excluding carboxylic acids is 1. The predicted molar refractivity (Wildman–Crippen MR) is 71.3 cm³/mol. The third-order valence-electron chi connectivity index (χ3n) is 3.54. The maximum atomic E-state index is 12.2. The average Bonchev–Trinajstić information content (AvgIpc) is 2.59. The van der Waals surface area contributed by atoms with E-state index in [2.05, 4.69) is 24.0 Å². The second-order valence-electron chi connectivity index (χ2n) is 5.74. The molecule has 100 valence electrons. The van der Waals surface area contributed by atoms with E-state index in [0.717, 1.165) is 31.6 Å². The topological polar surface area (TPSA) is 49.0 Å². The van der Waals surface area contributed by atoms with Crippen LogP contribution in [-0.2, 0) is 17.8 Å². The van der Waals surface area contributed by atoms with Crippen LogP contribution in [-0.4, -0.2) is 27.5 Å². The van der Waals surface area contributed by atoms with Crippen LogP contribution in [0.3, 0.4) is 0 Å². The summed E-state index contributed by atoms with van der Waals surface area (Å²) in [7, 11) is 0. The average molecular weight is 249 g/mol. The zero-order chi connectivity index (χ0) is 13.3. The predicted octanol–water partition coefficient (Wildman–Crippen LogP) is 2.46. The Hall–Kier alpha value is -1.32. The summed E-state index contributed by atoms with van der Waals surface area (Å²) in [5.74, 6) is 0.721. The van der Waals surface area contributed by atoms with Crippen molar-refractivity contribution in [2.75, 3.05) is 6.54 Å². The lowest BCUT2D eigenvalue weighted by atomic mass is 10.0. The third-order valence-corrected chi connectivity index (χ3v) is 3.54. The van der Waals surface area contributed by atoms with Crippen LogP contribution in [0.4, 0.5) is 0 Å². The first-order valence-electron chi connectivity index (χ1n) is 6.85. The molecule has 1 amide bonds. The molecule has 0 saturated carbocycles. The van der Waals surface area contributed by atoms with Crippen LogP contribution in [0, 0.1) is 5.92 Å². The summed E-state index contributed by atoms with van der Waals surface area (Å²) in [6.07, 6.45) is 2.02. The molecular weight excluding hydrogens is 226 g/mol. The molecule has 0 unspecified atom stereocenters. The zero-order valence-corrected chi connectivity index (χ0v) is 11.8. The Labute approximate surface area is 109 Å². The minimum absolute atomic E-state index is 0.0703. The lowest BCUT2D eigenvalue weighted by Crippen LogP contribution is -2.34. The molecule has 1 N–H and O–H groups in total. The van der Waals surface area contributed by atoms with E-state index in [-0.39, 0.29) is 11.8 Å². The Morgan fingerprint density at radius 2 is 2.06 bits per heavy atom. The summed E-state index contributed by atoms with van der Waals surface area (Å²) in [6.45, 7) is 9.80. The minimum atomic E-state index is 0.0703.